The number of nitrogens with zero attached hydrogens (tertiary/aromatic N) is 3. The van der Waals surface area contributed by atoms with Crippen molar-refractivity contribution in [2.75, 3.05) is 0 Å². The van der Waals surface area contributed by atoms with Crippen LogP contribution >= 0.6 is 15.9 Å². The fraction of sp³-hybridized carbons (Fsp3) is 0.333. The fourth-order valence-electron chi connectivity index (χ4n) is 1.60. The van der Waals surface area contributed by atoms with E-state index in [0.717, 1.165) is 16.8 Å². The molecule has 1 aromatic carbocycles. The van der Waals surface area contributed by atoms with Gasteiger partial charge in [0.25, 0.3) is 0 Å². The van der Waals surface area contributed by atoms with Gasteiger partial charge >= 0.3 is 0 Å². The topological polar surface area (TPSA) is 42.7 Å². The van der Waals surface area contributed by atoms with Crippen LogP contribution in [0.3, 0.4) is 0 Å². The van der Waals surface area contributed by atoms with Crippen molar-refractivity contribution < 1.29 is 0 Å². The maximum absolute atomic E-state index is 4.21. The Hall–Kier alpha value is -1.20. The summed E-state index contributed by atoms with van der Waals surface area (Å²) in [7, 11) is 1.87. The normalized spacial score (nSPS) is 10.8. The molecule has 0 atom stereocenters. The molecule has 2 rings (SSSR count). The molecule has 0 unspecified atom stereocenters. The Bertz CT molecular complexity index is 507. The van der Waals surface area contributed by atoms with Crippen molar-refractivity contribution in [1.82, 2.24) is 20.1 Å². The molecule has 0 bridgehead atoms. The van der Waals surface area contributed by atoms with E-state index >= 15 is 0 Å². The smallest absolute Gasteiger partial charge is 0.164 e. The van der Waals surface area contributed by atoms with Crippen LogP contribution in [0.2, 0.25) is 0 Å². The maximum atomic E-state index is 4.21. The van der Waals surface area contributed by atoms with Gasteiger partial charge in [0.1, 0.15) is 6.33 Å². The van der Waals surface area contributed by atoms with E-state index in [0.29, 0.717) is 6.54 Å². The van der Waals surface area contributed by atoms with Gasteiger partial charge in [0, 0.05) is 18.1 Å². The molecule has 0 aliphatic heterocycles. The summed E-state index contributed by atoms with van der Waals surface area (Å²) in [6, 6.07) is 6.35. The van der Waals surface area contributed by atoms with Crippen molar-refractivity contribution in [2.45, 2.75) is 20.0 Å². The minimum absolute atomic E-state index is 0.690. The van der Waals surface area contributed by atoms with E-state index in [9.17, 15) is 0 Å². The summed E-state index contributed by atoms with van der Waals surface area (Å²) in [4.78, 5) is 4.16. The van der Waals surface area contributed by atoms with Crippen molar-refractivity contribution >= 4 is 15.9 Å². The van der Waals surface area contributed by atoms with Gasteiger partial charge in [-0.2, -0.15) is 5.10 Å². The molecular weight excluding hydrogens is 280 g/mol. The van der Waals surface area contributed by atoms with Gasteiger partial charge in [-0.05, 0) is 24.1 Å². The second kappa shape index (κ2) is 5.42. The third-order valence-electron chi connectivity index (χ3n) is 2.48. The van der Waals surface area contributed by atoms with Gasteiger partial charge < -0.3 is 5.32 Å². The summed E-state index contributed by atoms with van der Waals surface area (Å²) in [5.74, 6) is 0.821. The van der Waals surface area contributed by atoms with Crippen LogP contribution in [0.5, 0.6) is 0 Å². The number of halogens is 1. The van der Waals surface area contributed by atoms with Gasteiger partial charge in [0.15, 0.2) is 5.82 Å². The zero-order valence-corrected chi connectivity index (χ0v) is 11.5. The molecule has 0 fully saturated rings. The average Bonchev–Trinajstić information content (AvgIpc) is 2.70. The van der Waals surface area contributed by atoms with E-state index in [-0.39, 0.29) is 0 Å². The van der Waals surface area contributed by atoms with Gasteiger partial charge in [-0.3, -0.25) is 4.68 Å². The highest BCUT2D eigenvalue weighted by atomic mass is 79.9. The summed E-state index contributed by atoms with van der Waals surface area (Å²) in [5, 5.41) is 7.53. The van der Waals surface area contributed by atoms with Gasteiger partial charge in [-0.25, -0.2) is 4.98 Å². The molecule has 0 saturated carbocycles. The van der Waals surface area contributed by atoms with E-state index in [2.05, 4.69) is 56.5 Å². The lowest BCUT2D eigenvalue weighted by Crippen LogP contribution is -2.14. The Morgan fingerprint density at radius 1 is 1.35 bits per heavy atom. The standard InChI is InChI=1S/C12H15BrN4/c1-9-5-10(3-4-11(9)13)6-14-7-12-15-8-17(2)16-12/h3-5,8,14H,6-7H2,1-2H3. The number of benzene rings is 1. The highest BCUT2D eigenvalue weighted by Crippen LogP contribution is 2.16. The van der Waals surface area contributed by atoms with Gasteiger partial charge in [0.2, 0.25) is 0 Å². The zero-order valence-electron chi connectivity index (χ0n) is 9.94. The Morgan fingerprint density at radius 3 is 2.82 bits per heavy atom. The predicted octanol–water partition coefficient (Wildman–Crippen LogP) is 2.18. The molecule has 0 saturated heterocycles. The Morgan fingerprint density at radius 2 is 2.18 bits per heavy atom. The second-order valence-electron chi connectivity index (χ2n) is 4.02. The summed E-state index contributed by atoms with van der Waals surface area (Å²) in [5.41, 5.74) is 2.52. The number of aryl methyl sites for hydroxylation is 2. The zero-order chi connectivity index (χ0) is 12.3. The van der Waals surface area contributed by atoms with Crippen LogP contribution in [0, 0.1) is 6.92 Å². The van der Waals surface area contributed by atoms with Crippen LogP contribution in [0.1, 0.15) is 17.0 Å². The predicted molar refractivity (Wildman–Crippen MR) is 70.4 cm³/mol. The van der Waals surface area contributed by atoms with E-state index in [4.69, 9.17) is 0 Å². The lowest BCUT2D eigenvalue weighted by molar-refractivity contribution is 0.649. The van der Waals surface area contributed by atoms with Crippen LogP contribution < -0.4 is 5.32 Å². The molecular formula is C12H15BrN4. The largest absolute Gasteiger partial charge is 0.306 e. The van der Waals surface area contributed by atoms with E-state index in [1.165, 1.54) is 11.1 Å². The molecule has 1 N–H and O–H groups in total. The molecule has 2 aromatic rings. The molecule has 4 nitrogen and oxygen atoms in total. The quantitative estimate of drug-likeness (QED) is 0.940. The van der Waals surface area contributed by atoms with Crippen LogP contribution in [0.15, 0.2) is 29.0 Å². The molecule has 5 heteroatoms. The van der Waals surface area contributed by atoms with Gasteiger partial charge in [-0.1, -0.05) is 28.1 Å². The first kappa shape index (κ1) is 12.3. The molecule has 1 aromatic heterocycles. The highest BCUT2D eigenvalue weighted by molar-refractivity contribution is 9.10. The summed E-state index contributed by atoms with van der Waals surface area (Å²) < 4.78 is 2.86. The molecule has 0 aliphatic rings. The Balaban J connectivity index is 1.87. The van der Waals surface area contributed by atoms with E-state index in [1.54, 1.807) is 11.0 Å². The summed E-state index contributed by atoms with van der Waals surface area (Å²) >= 11 is 3.49. The third-order valence-corrected chi connectivity index (χ3v) is 3.37. The molecule has 0 amide bonds. The van der Waals surface area contributed by atoms with Crippen molar-refractivity contribution in [2.24, 2.45) is 7.05 Å². The van der Waals surface area contributed by atoms with Crippen LogP contribution in [0.25, 0.3) is 0 Å². The SMILES string of the molecule is Cc1cc(CNCc2ncn(C)n2)ccc1Br. The lowest BCUT2D eigenvalue weighted by Gasteiger charge is -2.05. The molecule has 1 heterocycles. The lowest BCUT2D eigenvalue weighted by atomic mass is 10.1. The number of hydrogen-bond donors (Lipinski definition) is 1. The van der Waals surface area contributed by atoms with Crippen LogP contribution in [0.4, 0.5) is 0 Å². The van der Waals surface area contributed by atoms with E-state index < -0.39 is 0 Å². The van der Waals surface area contributed by atoms with Crippen LogP contribution in [-0.4, -0.2) is 14.8 Å². The fourth-order valence-corrected chi connectivity index (χ4v) is 1.85. The van der Waals surface area contributed by atoms with Crippen molar-refractivity contribution in [3.63, 3.8) is 0 Å². The molecule has 17 heavy (non-hydrogen) atoms. The molecule has 90 valence electrons. The number of hydrogen-bond acceptors (Lipinski definition) is 3. The Kier molecular flexibility index (Phi) is 3.91. The number of rotatable bonds is 4. The average molecular weight is 295 g/mol. The minimum Gasteiger partial charge on any atom is -0.306 e. The third kappa shape index (κ3) is 3.38. The van der Waals surface area contributed by atoms with Crippen LogP contribution in [-0.2, 0) is 20.1 Å². The van der Waals surface area contributed by atoms with Gasteiger partial charge in [0.05, 0.1) is 6.54 Å². The van der Waals surface area contributed by atoms with Crippen molar-refractivity contribution in [1.29, 1.82) is 0 Å². The molecule has 0 aliphatic carbocycles. The minimum atomic E-state index is 0.690. The van der Waals surface area contributed by atoms with Crippen molar-refractivity contribution in [3.8, 4) is 0 Å². The second-order valence-corrected chi connectivity index (χ2v) is 4.88. The molecule has 0 spiro atoms. The van der Waals surface area contributed by atoms with E-state index in [1.807, 2.05) is 7.05 Å². The van der Waals surface area contributed by atoms with Gasteiger partial charge in [-0.15, -0.1) is 0 Å². The first-order valence-electron chi connectivity index (χ1n) is 5.45. The number of aromatic nitrogens is 3. The first-order chi connectivity index (χ1) is 8.15. The summed E-state index contributed by atoms with van der Waals surface area (Å²) in [6.45, 7) is 3.61. The number of nitrogens with one attached hydrogen (secondary N) is 1. The monoisotopic (exact) mass is 294 g/mol. The van der Waals surface area contributed by atoms with Crippen molar-refractivity contribution in [3.05, 3.63) is 46.0 Å². The summed E-state index contributed by atoms with van der Waals surface area (Å²) in [6.07, 6.45) is 1.71. The first-order valence-corrected chi connectivity index (χ1v) is 6.25. The Labute approximate surface area is 109 Å². The molecule has 0 radical (unpaired) electrons. The maximum Gasteiger partial charge on any atom is 0.164 e. The highest BCUT2D eigenvalue weighted by Gasteiger charge is 2.00.